The summed E-state index contributed by atoms with van der Waals surface area (Å²) in [7, 11) is 0. The van der Waals surface area contributed by atoms with Crippen molar-refractivity contribution in [2.75, 3.05) is 12.3 Å². The molecule has 3 heterocycles. The zero-order chi connectivity index (χ0) is 18.3. The van der Waals surface area contributed by atoms with Gasteiger partial charge in [0, 0.05) is 5.56 Å². The molecule has 1 saturated heterocycles. The van der Waals surface area contributed by atoms with Gasteiger partial charge in [0.15, 0.2) is 23.2 Å². The summed E-state index contributed by atoms with van der Waals surface area (Å²) in [6.45, 7) is 0.340. The van der Waals surface area contributed by atoms with Crippen LogP contribution in [0.5, 0.6) is 0 Å². The van der Waals surface area contributed by atoms with Crippen LogP contribution in [0.4, 0.5) is 5.82 Å². The number of aliphatic hydroxyl groups excluding tert-OH is 2. The molecule has 26 heavy (non-hydrogen) atoms. The van der Waals surface area contributed by atoms with Crippen molar-refractivity contribution in [1.29, 1.82) is 0 Å². The van der Waals surface area contributed by atoms with Crippen molar-refractivity contribution in [2.24, 2.45) is 5.73 Å². The standard InChI is InChI=1S/C17H20N6O3/c18-7-6-10-12(24)13(25)17(26-10)23-15(9-4-2-1-3-5-9)22-11-14(19)20-8-21-16(11)23/h1-5,8,10,12-13,17,24-25H,6-7,18H2,(H2,19,20,21)/t10-,12-,13-,17-/m1/s1. The minimum absolute atomic E-state index is 0.234. The van der Waals surface area contributed by atoms with E-state index in [1.165, 1.54) is 6.33 Å². The van der Waals surface area contributed by atoms with Crippen molar-refractivity contribution in [1.82, 2.24) is 19.5 Å². The van der Waals surface area contributed by atoms with Crippen molar-refractivity contribution in [3.8, 4) is 11.4 Å². The van der Waals surface area contributed by atoms with Gasteiger partial charge in [0.1, 0.15) is 24.4 Å². The maximum absolute atomic E-state index is 10.6. The van der Waals surface area contributed by atoms with Crippen LogP contribution in [0.2, 0.25) is 0 Å². The van der Waals surface area contributed by atoms with Gasteiger partial charge in [-0.3, -0.25) is 4.57 Å². The van der Waals surface area contributed by atoms with E-state index < -0.39 is 24.5 Å². The molecule has 1 aliphatic heterocycles. The zero-order valence-corrected chi connectivity index (χ0v) is 13.9. The second-order valence-electron chi connectivity index (χ2n) is 6.23. The van der Waals surface area contributed by atoms with E-state index in [-0.39, 0.29) is 5.82 Å². The molecule has 0 saturated carbocycles. The normalized spacial score (nSPS) is 25.8. The number of hydrogen-bond acceptors (Lipinski definition) is 8. The van der Waals surface area contributed by atoms with Crippen LogP contribution in [0.1, 0.15) is 12.6 Å². The fraction of sp³-hybridized carbons (Fsp3) is 0.353. The lowest BCUT2D eigenvalue weighted by Gasteiger charge is -2.19. The first-order valence-electron chi connectivity index (χ1n) is 8.37. The number of aliphatic hydroxyl groups is 2. The van der Waals surface area contributed by atoms with Crippen molar-refractivity contribution < 1.29 is 14.9 Å². The number of nitrogen functional groups attached to an aromatic ring is 1. The minimum atomic E-state index is -1.15. The Hall–Kier alpha value is -2.59. The number of aromatic nitrogens is 4. The predicted octanol–water partition coefficient (Wildman–Crippen LogP) is 0.0435. The molecule has 4 rings (SSSR count). The Balaban J connectivity index is 1.90. The summed E-state index contributed by atoms with van der Waals surface area (Å²) < 4.78 is 7.58. The molecule has 1 aliphatic rings. The lowest BCUT2D eigenvalue weighted by atomic mass is 10.1. The Morgan fingerprint density at radius 3 is 2.62 bits per heavy atom. The lowest BCUT2D eigenvalue weighted by molar-refractivity contribution is -0.0351. The summed E-state index contributed by atoms with van der Waals surface area (Å²) in [5, 5.41) is 20.9. The van der Waals surface area contributed by atoms with Crippen LogP contribution >= 0.6 is 0 Å². The molecular formula is C17H20N6O3. The van der Waals surface area contributed by atoms with Gasteiger partial charge in [0.25, 0.3) is 0 Å². The van der Waals surface area contributed by atoms with E-state index in [9.17, 15) is 10.2 Å². The van der Waals surface area contributed by atoms with Gasteiger partial charge in [0.2, 0.25) is 0 Å². The molecule has 9 nitrogen and oxygen atoms in total. The minimum Gasteiger partial charge on any atom is -0.388 e. The molecule has 136 valence electrons. The third kappa shape index (κ3) is 2.61. The Labute approximate surface area is 149 Å². The first-order valence-corrected chi connectivity index (χ1v) is 8.37. The molecule has 0 unspecified atom stereocenters. The highest BCUT2D eigenvalue weighted by Crippen LogP contribution is 2.37. The van der Waals surface area contributed by atoms with Gasteiger partial charge in [-0.1, -0.05) is 30.3 Å². The molecule has 0 aliphatic carbocycles. The Morgan fingerprint density at radius 1 is 1.12 bits per heavy atom. The molecule has 1 fully saturated rings. The molecule has 0 bridgehead atoms. The first-order chi connectivity index (χ1) is 12.6. The zero-order valence-electron chi connectivity index (χ0n) is 13.9. The van der Waals surface area contributed by atoms with Gasteiger partial charge in [-0.05, 0) is 13.0 Å². The van der Waals surface area contributed by atoms with Gasteiger partial charge < -0.3 is 26.4 Å². The lowest BCUT2D eigenvalue weighted by Crippen LogP contribution is -2.32. The van der Waals surface area contributed by atoms with Crippen molar-refractivity contribution >= 4 is 17.0 Å². The number of hydrogen-bond donors (Lipinski definition) is 4. The number of nitrogens with two attached hydrogens (primary N) is 2. The highest BCUT2D eigenvalue weighted by atomic mass is 16.6. The molecule has 6 N–H and O–H groups in total. The highest BCUT2D eigenvalue weighted by molar-refractivity contribution is 5.85. The van der Waals surface area contributed by atoms with Crippen molar-refractivity contribution in [3.05, 3.63) is 36.7 Å². The largest absolute Gasteiger partial charge is 0.388 e. The quantitative estimate of drug-likeness (QED) is 0.513. The highest BCUT2D eigenvalue weighted by Gasteiger charge is 2.44. The molecule has 1 aromatic carbocycles. The van der Waals surface area contributed by atoms with Crippen LogP contribution in [0.25, 0.3) is 22.6 Å². The Bertz CT molecular complexity index is 916. The molecule has 0 radical (unpaired) electrons. The van der Waals surface area contributed by atoms with Gasteiger partial charge in [-0.15, -0.1) is 0 Å². The summed E-state index contributed by atoms with van der Waals surface area (Å²) in [6.07, 6.45) is -1.87. The third-order valence-corrected chi connectivity index (χ3v) is 4.58. The SMILES string of the molecule is NCC[C@H]1O[C@@H](n2c(-c3ccccc3)nc3c(N)ncnc32)[C@H](O)[C@@H]1O. The van der Waals surface area contributed by atoms with E-state index in [4.69, 9.17) is 16.2 Å². The van der Waals surface area contributed by atoms with E-state index >= 15 is 0 Å². The summed E-state index contributed by atoms with van der Waals surface area (Å²) in [4.78, 5) is 12.8. The second-order valence-corrected chi connectivity index (χ2v) is 6.23. The molecule has 2 aromatic heterocycles. The topological polar surface area (TPSA) is 145 Å². The molecule has 9 heteroatoms. The second kappa shape index (κ2) is 6.61. The average Bonchev–Trinajstić information content (AvgIpc) is 3.17. The van der Waals surface area contributed by atoms with Crippen LogP contribution in [-0.4, -0.2) is 54.6 Å². The van der Waals surface area contributed by atoms with Crippen LogP contribution in [-0.2, 0) is 4.74 Å². The Kier molecular flexibility index (Phi) is 4.29. The number of imidazole rings is 1. The smallest absolute Gasteiger partial charge is 0.168 e. The van der Waals surface area contributed by atoms with Crippen LogP contribution in [0.3, 0.4) is 0 Å². The molecular weight excluding hydrogens is 336 g/mol. The van der Waals surface area contributed by atoms with Crippen molar-refractivity contribution in [3.63, 3.8) is 0 Å². The van der Waals surface area contributed by atoms with Gasteiger partial charge in [-0.2, -0.15) is 0 Å². The number of nitrogens with zero attached hydrogens (tertiary/aromatic N) is 4. The number of rotatable bonds is 4. The third-order valence-electron chi connectivity index (χ3n) is 4.58. The molecule has 0 spiro atoms. The maximum atomic E-state index is 10.6. The van der Waals surface area contributed by atoms with Crippen LogP contribution in [0, 0.1) is 0 Å². The fourth-order valence-electron chi connectivity index (χ4n) is 3.30. The number of fused-ring (bicyclic) bond motifs is 1. The van der Waals surface area contributed by atoms with Crippen LogP contribution in [0.15, 0.2) is 36.7 Å². The summed E-state index contributed by atoms with van der Waals surface area (Å²) in [6, 6.07) is 9.43. The molecule has 0 amide bonds. The number of ether oxygens (including phenoxy) is 1. The number of anilines is 1. The summed E-state index contributed by atoms with van der Waals surface area (Å²) >= 11 is 0. The van der Waals surface area contributed by atoms with Gasteiger partial charge in [-0.25, -0.2) is 15.0 Å². The van der Waals surface area contributed by atoms with Gasteiger partial charge >= 0.3 is 0 Å². The monoisotopic (exact) mass is 356 g/mol. The first kappa shape index (κ1) is 16.9. The fourth-order valence-corrected chi connectivity index (χ4v) is 3.30. The van der Waals surface area contributed by atoms with E-state index in [1.54, 1.807) is 4.57 Å². The van der Waals surface area contributed by atoms with E-state index in [0.29, 0.717) is 30.0 Å². The van der Waals surface area contributed by atoms with E-state index in [0.717, 1.165) is 5.56 Å². The molecule has 3 aromatic rings. The van der Waals surface area contributed by atoms with E-state index in [1.807, 2.05) is 30.3 Å². The van der Waals surface area contributed by atoms with Gasteiger partial charge in [0.05, 0.1) is 6.10 Å². The average molecular weight is 356 g/mol. The Morgan fingerprint density at radius 2 is 1.88 bits per heavy atom. The predicted molar refractivity (Wildman–Crippen MR) is 94.8 cm³/mol. The van der Waals surface area contributed by atoms with Crippen molar-refractivity contribution in [2.45, 2.75) is 31.0 Å². The summed E-state index contributed by atoms with van der Waals surface area (Å²) in [5.74, 6) is 0.759. The summed E-state index contributed by atoms with van der Waals surface area (Å²) in [5.41, 5.74) is 13.2. The van der Waals surface area contributed by atoms with E-state index in [2.05, 4.69) is 15.0 Å². The maximum Gasteiger partial charge on any atom is 0.168 e. The molecule has 4 atom stereocenters. The van der Waals surface area contributed by atoms with Crippen LogP contribution < -0.4 is 11.5 Å². The number of benzene rings is 1.